The minimum absolute atomic E-state index is 0.0395. The van der Waals surface area contributed by atoms with E-state index in [1.165, 1.54) is 77.0 Å². The maximum Gasteiger partial charge on any atom is 0.267 e. The molecule has 0 aliphatic carbocycles. The Balaban J connectivity index is 3.31. The van der Waals surface area contributed by atoms with Crippen LogP contribution in [0.5, 0.6) is 0 Å². The fourth-order valence-electron chi connectivity index (χ4n) is 3.01. The Morgan fingerprint density at radius 1 is 0.696 bits per heavy atom. The van der Waals surface area contributed by atoms with Crippen molar-refractivity contribution in [2.24, 2.45) is 5.92 Å². The summed E-state index contributed by atoms with van der Waals surface area (Å²) in [7, 11) is -3.87. The normalized spacial score (nSPS) is 14.8. The van der Waals surface area contributed by atoms with Gasteiger partial charge in [0.15, 0.2) is 0 Å². The van der Waals surface area contributed by atoms with Crippen LogP contribution in [0.25, 0.3) is 0 Å². The maximum absolute atomic E-state index is 11.1. The van der Waals surface area contributed by atoms with Gasteiger partial charge in [-0.25, -0.2) is 0 Å². The number of rotatable bonds is 16. The quantitative estimate of drug-likeness (QED) is 0.260. The molecule has 2 atom stereocenters. The second kappa shape index (κ2) is 14.3. The Morgan fingerprint density at radius 2 is 1.04 bits per heavy atom. The molecule has 3 nitrogen and oxygen atoms in total. The second-order valence-electron chi connectivity index (χ2n) is 7.23. The molecule has 0 aromatic carbocycles. The molecule has 0 saturated heterocycles. The predicted molar refractivity (Wildman–Crippen MR) is 100 cm³/mol. The van der Waals surface area contributed by atoms with Gasteiger partial charge in [-0.05, 0) is 19.3 Å². The lowest BCUT2D eigenvalue weighted by molar-refractivity contribution is 0.417. The third kappa shape index (κ3) is 14.0. The first-order chi connectivity index (χ1) is 10.9. The van der Waals surface area contributed by atoms with Gasteiger partial charge in [0.2, 0.25) is 0 Å². The van der Waals surface area contributed by atoms with Crippen LogP contribution in [0.3, 0.4) is 0 Å². The van der Waals surface area contributed by atoms with Gasteiger partial charge < -0.3 is 0 Å². The molecule has 0 bridgehead atoms. The van der Waals surface area contributed by atoms with Crippen molar-refractivity contribution in [3.8, 4) is 0 Å². The third-order valence-corrected chi connectivity index (χ3v) is 6.44. The third-order valence-electron chi connectivity index (χ3n) is 5.03. The highest BCUT2D eigenvalue weighted by Crippen LogP contribution is 2.19. The van der Waals surface area contributed by atoms with E-state index >= 15 is 0 Å². The molecule has 0 fully saturated rings. The van der Waals surface area contributed by atoms with Crippen LogP contribution >= 0.6 is 0 Å². The molecule has 0 amide bonds. The molecular weight excluding hydrogens is 308 g/mol. The SMILES string of the molecule is CCCCCCCCCCCCCCCC(C)C(C)S(=O)(=O)O. The van der Waals surface area contributed by atoms with E-state index in [-0.39, 0.29) is 5.92 Å². The van der Waals surface area contributed by atoms with Gasteiger partial charge in [-0.1, -0.05) is 97.3 Å². The molecule has 0 aliphatic rings. The van der Waals surface area contributed by atoms with E-state index in [2.05, 4.69) is 6.92 Å². The largest absolute Gasteiger partial charge is 0.285 e. The van der Waals surface area contributed by atoms with Crippen molar-refractivity contribution >= 4 is 10.1 Å². The van der Waals surface area contributed by atoms with E-state index in [1.807, 2.05) is 6.92 Å². The van der Waals surface area contributed by atoms with Crippen molar-refractivity contribution in [2.45, 2.75) is 116 Å². The zero-order valence-corrected chi connectivity index (χ0v) is 16.5. The first kappa shape index (κ1) is 22.9. The first-order valence-corrected chi connectivity index (χ1v) is 11.4. The average molecular weight is 349 g/mol. The summed E-state index contributed by atoms with van der Waals surface area (Å²) in [6.07, 6.45) is 18.1. The van der Waals surface area contributed by atoms with Crippen LogP contribution in [0.15, 0.2) is 0 Å². The van der Waals surface area contributed by atoms with Crippen LogP contribution in [0.4, 0.5) is 0 Å². The Bertz CT molecular complexity index is 352. The topological polar surface area (TPSA) is 54.4 Å². The molecule has 1 N–H and O–H groups in total. The Labute approximate surface area is 145 Å². The highest BCUT2D eigenvalue weighted by atomic mass is 32.2. The molecule has 4 heteroatoms. The summed E-state index contributed by atoms with van der Waals surface area (Å²) < 4.78 is 31.2. The van der Waals surface area contributed by atoms with E-state index in [9.17, 15) is 8.42 Å². The van der Waals surface area contributed by atoms with Crippen LogP contribution in [0.1, 0.15) is 111 Å². The zero-order chi connectivity index (χ0) is 17.6. The average Bonchev–Trinajstić information content (AvgIpc) is 2.50. The van der Waals surface area contributed by atoms with Crippen LogP contribution in [0, 0.1) is 5.92 Å². The van der Waals surface area contributed by atoms with Crippen LogP contribution in [0.2, 0.25) is 0 Å². The maximum atomic E-state index is 11.1. The number of unbranched alkanes of at least 4 members (excludes halogenated alkanes) is 12. The second-order valence-corrected chi connectivity index (χ2v) is 9.00. The summed E-state index contributed by atoms with van der Waals surface area (Å²) in [5.41, 5.74) is 0. The molecule has 23 heavy (non-hydrogen) atoms. The van der Waals surface area contributed by atoms with E-state index < -0.39 is 15.4 Å². The monoisotopic (exact) mass is 348 g/mol. The Hall–Kier alpha value is -0.0900. The summed E-state index contributed by atoms with van der Waals surface area (Å²) in [4.78, 5) is 0. The molecule has 0 heterocycles. The smallest absolute Gasteiger partial charge is 0.267 e. The van der Waals surface area contributed by atoms with Gasteiger partial charge in [-0.2, -0.15) is 8.42 Å². The standard InChI is InChI=1S/C19H40O3S/c1-4-5-6-7-8-9-10-11-12-13-14-15-16-17-18(2)19(3)23(20,21)22/h18-19H,4-17H2,1-3H3,(H,20,21,22). The van der Waals surface area contributed by atoms with Gasteiger partial charge in [-0.15, -0.1) is 0 Å². The summed E-state index contributed by atoms with van der Waals surface area (Å²) in [5.74, 6) is 0.0395. The lowest BCUT2D eigenvalue weighted by atomic mass is 9.99. The molecular formula is C19H40O3S. The van der Waals surface area contributed by atoms with Crippen LogP contribution in [-0.4, -0.2) is 18.2 Å². The molecule has 0 saturated carbocycles. The minimum atomic E-state index is -3.87. The predicted octanol–water partition coefficient (Wildman–Crippen LogP) is 6.38. The molecule has 0 radical (unpaired) electrons. The molecule has 2 unspecified atom stereocenters. The van der Waals surface area contributed by atoms with Crippen LogP contribution in [-0.2, 0) is 10.1 Å². The number of hydrogen-bond donors (Lipinski definition) is 1. The molecule has 0 aliphatic heterocycles. The minimum Gasteiger partial charge on any atom is -0.285 e. The molecule has 0 rings (SSSR count). The van der Waals surface area contributed by atoms with Crippen LogP contribution < -0.4 is 0 Å². The van der Waals surface area contributed by atoms with Crippen molar-refractivity contribution in [3.63, 3.8) is 0 Å². The number of hydrogen-bond acceptors (Lipinski definition) is 2. The van der Waals surface area contributed by atoms with Gasteiger partial charge in [0.25, 0.3) is 10.1 Å². The lowest BCUT2D eigenvalue weighted by Gasteiger charge is -2.16. The van der Waals surface area contributed by atoms with Crippen molar-refractivity contribution in [3.05, 3.63) is 0 Å². The van der Waals surface area contributed by atoms with E-state index in [1.54, 1.807) is 6.92 Å². The van der Waals surface area contributed by atoms with Crippen molar-refractivity contribution in [1.29, 1.82) is 0 Å². The van der Waals surface area contributed by atoms with Crippen molar-refractivity contribution < 1.29 is 13.0 Å². The van der Waals surface area contributed by atoms with E-state index in [0.717, 1.165) is 12.8 Å². The van der Waals surface area contributed by atoms with Gasteiger partial charge >= 0.3 is 0 Å². The van der Waals surface area contributed by atoms with Crippen molar-refractivity contribution in [2.75, 3.05) is 0 Å². The summed E-state index contributed by atoms with van der Waals surface area (Å²) >= 11 is 0. The van der Waals surface area contributed by atoms with Gasteiger partial charge in [0.1, 0.15) is 0 Å². The van der Waals surface area contributed by atoms with Gasteiger partial charge in [0.05, 0.1) is 5.25 Å². The lowest BCUT2D eigenvalue weighted by Crippen LogP contribution is -2.24. The summed E-state index contributed by atoms with van der Waals surface area (Å²) in [5, 5.41) is -0.639. The zero-order valence-electron chi connectivity index (χ0n) is 15.7. The van der Waals surface area contributed by atoms with Gasteiger partial charge in [0, 0.05) is 0 Å². The molecule has 140 valence electrons. The van der Waals surface area contributed by atoms with Gasteiger partial charge in [-0.3, -0.25) is 4.55 Å². The molecule has 0 aromatic rings. The molecule has 0 spiro atoms. The molecule has 0 aromatic heterocycles. The summed E-state index contributed by atoms with van der Waals surface area (Å²) in [6, 6.07) is 0. The summed E-state index contributed by atoms with van der Waals surface area (Å²) in [6.45, 7) is 5.77. The highest BCUT2D eigenvalue weighted by molar-refractivity contribution is 7.86. The Kier molecular flexibility index (Phi) is 14.2. The Morgan fingerprint density at radius 3 is 1.39 bits per heavy atom. The fraction of sp³-hybridized carbons (Fsp3) is 1.00. The van der Waals surface area contributed by atoms with E-state index in [0.29, 0.717) is 0 Å². The van der Waals surface area contributed by atoms with E-state index in [4.69, 9.17) is 4.55 Å². The first-order valence-electron chi connectivity index (χ1n) is 9.85. The van der Waals surface area contributed by atoms with Crippen molar-refractivity contribution in [1.82, 2.24) is 0 Å². The fourth-order valence-corrected chi connectivity index (χ4v) is 3.74. The highest BCUT2D eigenvalue weighted by Gasteiger charge is 2.23.